The summed E-state index contributed by atoms with van der Waals surface area (Å²) in [6.45, 7) is 0. The number of ether oxygens (including phenoxy) is 2. The third kappa shape index (κ3) is 3.32. The first-order valence-electron chi connectivity index (χ1n) is 7.98. The van der Waals surface area contributed by atoms with Gasteiger partial charge >= 0.3 is 0 Å². The average Bonchev–Trinajstić information content (AvgIpc) is 3.30. The summed E-state index contributed by atoms with van der Waals surface area (Å²) in [5.41, 5.74) is 1.95. The van der Waals surface area contributed by atoms with Gasteiger partial charge in [0.25, 0.3) is 5.91 Å². The van der Waals surface area contributed by atoms with Crippen molar-refractivity contribution in [2.45, 2.75) is 0 Å². The van der Waals surface area contributed by atoms with Gasteiger partial charge in [-0.05, 0) is 24.3 Å². The number of nitrogens with one attached hydrogen (secondary N) is 1. The van der Waals surface area contributed by atoms with Gasteiger partial charge in [-0.25, -0.2) is 0 Å². The topological polar surface area (TPSA) is 90.6 Å². The van der Waals surface area contributed by atoms with Gasteiger partial charge in [0.15, 0.2) is 0 Å². The smallest absolute Gasteiger partial charge is 0.259 e. The summed E-state index contributed by atoms with van der Waals surface area (Å²) >= 11 is 1.42. The Morgan fingerprint density at radius 3 is 2.81 bits per heavy atom. The Labute approximate surface area is 158 Å². The molecule has 4 aromatic rings. The van der Waals surface area contributed by atoms with E-state index < -0.39 is 0 Å². The number of fused-ring (bicyclic) bond motifs is 1. The largest absolute Gasteiger partial charge is 0.497 e. The zero-order valence-corrected chi connectivity index (χ0v) is 15.4. The van der Waals surface area contributed by atoms with Crippen LogP contribution in [0, 0.1) is 0 Å². The number of methoxy groups -OCH3 is 2. The molecule has 8 nitrogen and oxygen atoms in total. The predicted molar refractivity (Wildman–Crippen MR) is 102 cm³/mol. The van der Waals surface area contributed by atoms with Crippen LogP contribution in [0.2, 0.25) is 0 Å². The van der Waals surface area contributed by atoms with Crippen molar-refractivity contribution >= 4 is 27.9 Å². The van der Waals surface area contributed by atoms with E-state index in [1.807, 2.05) is 24.3 Å². The zero-order chi connectivity index (χ0) is 18.8. The normalized spacial score (nSPS) is 10.7. The van der Waals surface area contributed by atoms with E-state index in [9.17, 15) is 4.79 Å². The van der Waals surface area contributed by atoms with E-state index >= 15 is 0 Å². The SMILES string of the molecule is COc1ccc(C(=O)Nc2cccc(-c3nn4cnnc4s3)c2)c(OC)c1. The maximum atomic E-state index is 12.7. The second kappa shape index (κ2) is 7.04. The molecule has 0 fully saturated rings. The van der Waals surface area contributed by atoms with Crippen LogP contribution in [0.15, 0.2) is 48.8 Å². The summed E-state index contributed by atoms with van der Waals surface area (Å²) in [4.78, 5) is 13.4. The van der Waals surface area contributed by atoms with Gasteiger partial charge in [-0.1, -0.05) is 23.5 Å². The average molecular weight is 381 g/mol. The molecule has 0 saturated carbocycles. The second-order valence-electron chi connectivity index (χ2n) is 5.57. The van der Waals surface area contributed by atoms with Crippen molar-refractivity contribution in [1.82, 2.24) is 19.8 Å². The summed E-state index contributed by atoms with van der Waals surface area (Å²) < 4.78 is 12.1. The van der Waals surface area contributed by atoms with Gasteiger partial charge in [0.2, 0.25) is 4.96 Å². The number of aromatic nitrogens is 4. The predicted octanol–water partition coefficient (Wildman–Crippen LogP) is 3.12. The Morgan fingerprint density at radius 2 is 2.04 bits per heavy atom. The molecule has 0 aliphatic heterocycles. The van der Waals surface area contributed by atoms with E-state index in [1.54, 1.807) is 36.2 Å². The number of benzene rings is 2. The monoisotopic (exact) mass is 381 g/mol. The van der Waals surface area contributed by atoms with Crippen LogP contribution in [0.3, 0.4) is 0 Å². The van der Waals surface area contributed by atoms with Crippen molar-refractivity contribution in [2.24, 2.45) is 0 Å². The fourth-order valence-corrected chi connectivity index (χ4v) is 3.41. The first kappa shape index (κ1) is 17.0. The van der Waals surface area contributed by atoms with Crippen LogP contribution in [-0.2, 0) is 0 Å². The molecule has 2 aromatic heterocycles. The van der Waals surface area contributed by atoms with Crippen molar-refractivity contribution < 1.29 is 14.3 Å². The standard InChI is InChI=1S/C18H15N5O3S/c1-25-13-6-7-14(15(9-13)26-2)16(24)20-12-5-3-4-11(8-12)17-22-23-10-19-21-18(23)27-17/h3-10H,1-2H3,(H,20,24). The Balaban J connectivity index is 1.59. The second-order valence-corrected chi connectivity index (χ2v) is 6.52. The highest BCUT2D eigenvalue weighted by Gasteiger charge is 2.14. The minimum Gasteiger partial charge on any atom is -0.497 e. The molecule has 0 aliphatic rings. The lowest BCUT2D eigenvalue weighted by Crippen LogP contribution is -2.13. The van der Waals surface area contributed by atoms with Crippen molar-refractivity contribution in [3.8, 4) is 22.1 Å². The highest BCUT2D eigenvalue weighted by molar-refractivity contribution is 7.19. The van der Waals surface area contributed by atoms with Crippen LogP contribution >= 0.6 is 11.3 Å². The summed E-state index contributed by atoms with van der Waals surface area (Å²) in [7, 11) is 3.08. The molecule has 4 rings (SSSR count). The van der Waals surface area contributed by atoms with Crippen LogP contribution in [0.25, 0.3) is 15.5 Å². The number of hydrogen-bond donors (Lipinski definition) is 1. The van der Waals surface area contributed by atoms with Crippen molar-refractivity contribution in [3.05, 3.63) is 54.4 Å². The first-order valence-corrected chi connectivity index (χ1v) is 8.80. The number of anilines is 1. The fraction of sp³-hybridized carbons (Fsp3) is 0.111. The Morgan fingerprint density at radius 1 is 1.15 bits per heavy atom. The third-order valence-corrected chi connectivity index (χ3v) is 4.87. The van der Waals surface area contributed by atoms with E-state index in [0.717, 1.165) is 10.6 Å². The lowest BCUT2D eigenvalue weighted by Gasteiger charge is -2.11. The van der Waals surface area contributed by atoms with Crippen molar-refractivity contribution in [1.29, 1.82) is 0 Å². The molecule has 2 heterocycles. The van der Waals surface area contributed by atoms with Crippen molar-refractivity contribution in [3.63, 3.8) is 0 Å². The molecule has 0 saturated heterocycles. The molecular formula is C18H15N5O3S. The van der Waals surface area contributed by atoms with Gasteiger partial charge in [-0.2, -0.15) is 9.61 Å². The van der Waals surface area contributed by atoms with Crippen LogP contribution in [0.4, 0.5) is 5.69 Å². The minimum absolute atomic E-state index is 0.273. The van der Waals surface area contributed by atoms with Gasteiger partial charge in [0.05, 0.1) is 19.8 Å². The molecule has 27 heavy (non-hydrogen) atoms. The van der Waals surface area contributed by atoms with Gasteiger partial charge in [0.1, 0.15) is 22.8 Å². The minimum atomic E-state index is -0.273. The lowest BCUT2D eigenvalue weighted by molar-refractivity contribution is 0.102. The number of nitrogens with zero attached hydrogens (tertiary/aromatic N) is 4. The van der Waals surface area contributed by atoms with Crippen LogP contribution in [0.1, 0.15) is 10.4 Å². The summed E-state index contributed by atoms with van der Waals surface area (Å²) in [5, 5.41) is 15.9. The number of carbonyl (C=O) groups is 1. The summed E-state index contributed by atoms with van der Waals surface area (Å²) in [6, 6.07) is 12.5. The Kier molecular flexibility index (Phi) is 4.43. The molecule has 1 amide bonds. The highest BCUT2D eigenvalue weighted by atomic mass is 32.1. The Bertz CT molecular complexity index is 1090. The van der Waals surface area contributed by atoms with Gasteiger partial charge in [-0.15, -0.1) is 10.2 Å². The van der Waals surface area contributed by atoms with Gasteiger partial charge in [0, 0.05) is 17.3 Å². The molecular weight excluding hydrogens is 366 g/mol. The molecule has 0 spiro atoms. The Hall–Kier alpha value is -3.46. The quantitative estimate of drug-likeness (QED) is 0.571. The number of rotatable bonds is 5. The van der Waals surface area contributed by atoms with E-state index in [-0.39, 0.29) is 5.91 Å². The molecule has 0 atom stereocenters. The van der Waals surface area contributed by atoms with Gasteiger partial charge < -0.3 is 14.8 Å². The molecule has 0 radical (unpaired) electrons. The number of amides is 1. The van der Waals surface area contributed by atoms with Crippen LogP contribution in [0.5, 0.6) is 11.5 Å². The fourth-order valence-electron chi connectivity index (χ4n) is 2.59. The molecule has 0 aliphatic carbocycles. The molecule has 9 heteroatoms. The maximum Gasteiger partial charge on any atom is 0.259 e. The molecule has 1 N–H and O–H groups in total. The van der Waals surface area contributed by atoms with E-state index in [0.29, 0.717) is 27.7 Å². The summed E-state index contributed by atoms with van der Waals surface area (Å²) in [5.74, 6) is 0.787. The van der Waals surface area contributed by atoms with Crippen molar-refractivity contribution in [2.75, 3.05) is 19.5 Å². The number of carbonyl (C=O) groups excluding carboxylic acids is 1. The summed E-state index contributed by atoms with van der Waals surface area (Å²) in [6.07, 6.45) is 1.55. The maximum absolute atomic E-state index is 12.7. The highest BCUT2D eigenvalue weighted by Crippen LogP contribution is 2.28. The first-order chi connectivity index (χ1) is 13.2. The molecule has 0 unspecified atom stereocenters. The molecule has 136 valence electrons. The number of hydrogen-bond acceptors (Lipinski definition) is 7. The zero-order valence-electron chi connectivity index (χ0n) is 14.5. The van der Waals surface area contributed by atoms with Crippen LogP contribution < -0.4 is 14.8 Å². The van der Waals surface area contributed by atoms with E-state index in [1.165, 1.54) is 18.4 Å². The third-order valence-electron chi connectivity index (χ3n) is 3.91. The van der Waals surface area contributed by atoms with E-state index in [4.69, 9.17) is 9.47 Å². The molecule has 0 bridgehead atoms. The van der Waals surface area contributed by atoms with E-state index in [2.05, 4.69) is 20.6 Å². The molecule has 2 aromatic carbocycles. The lowest BCUT2D eigenvalue weighted by atomic mass is 10.1. The van der Waals surface area contributed by atoms with Crippen LogP contribution in [-0.4, -0.2) is 39.9 Å². The van der Waals surface area contributed by atoms with Gasteiger partial charge in [-0.3, -0.25) is 4.79 Å².